The number of aromatic amines is 1. The molecule has 0 aliphatic heterocycles. The molecule has 102 valence electrons. The summed E-state index contributed by atoms with van der Waals surface area (Å²) in [6.07, 6.45) is 0. The largest absolute Gasteiger partial charge is 0.475 e. The monoisotopic (exact) mass is 292 g/mol. The van der Waals surface area contributed by atoms with Crippen molar-refractivity contribution in [3.05, 3.63) is 40.3 Å². The Balaban J connectivity index is 1.98. The fraction of sp³-hybridized carbons (Fsp3) is 0.0909. The van der Waals surface area contributed by atoms with Crippen LogP contribution in [0.5, 0.6) is 0 Å². The minimum absolute atomic E-state index is 0.138. The smallest absolute Gasteiger partial charge is 0.371 e. The fourth-order valence-electron chi connectivity index (χ4n) is 1.72. The number of aryl methyl sites for hydroxylation is 1. The molecule has 0 saturated heterocycles. The van der Waals surface area contributed by atoms with Gasteiger partial charge in [0.15, 0.2) is 10.7 Å². The zero-order valence-corrected chi connectivity index (χ0v) is 11.0. The Labute approximate surface area is 115 Å². The number of nitrogens with zero attached hydrogens (tertiary/aromatic N) is 3. The first-order valence-electron chi connectivity index (χ1n) is 5.50. The Morgan fingerprint density at radius 1 is 1.50 bits per heavy atom. The van der Waals surface area contributed by atoms with Crippen LogP contribution in [0.3, 0.4) is 0 Å². The van der Waals surface area contributed by atoms with Gasteiger partial charge in [0.05, 0.1) is 0 Å². The van der Waals surface area contributed by atoms with E-state index in [4.69, 9.17) is 9.52 Å². The van der Waals surface area contributed by atoms with Gasteiger partial charge in [-0.15, -0.1) is 0 Å². The van der Waals surface area contributed by atoms with Crippen LogP contribution in [-0.2, 0) is 0 Å². The summed E-state index contributed by atoms with van der Waals surface area (Å²) in [6, 6.07) is 4.53. The van der Waals surface area contributed by atoms with Crippen LogP contribution < -0.4 is 5.69 Å². The SMILES string of the molecule is Cc1nc(Sc2ccc(C(=O)O)o2)cc2n[nH]c(=O)n12. The Kier molecular flexibility index (Phi) is 2.83. The number of H-pyrrole nitrogens is 1. The first kappa shape index (κ1) is 12.5. The molecule has 3 heterocycles. The van der Waals surface area contributed by atoms with Crippen LogP contribution in [0.15, 0.2) is 37.5 Å². The molecule has 0 amide bonds. The first-order valence-corrected chi connectivity index (χ1v) is 6.32. The molecule has 0 saturated carbocycles. The van der Waals surface area contributed by atoms with Crippen LogP contribution in [0, 0.1) is 6.92 Å². The summed E-state index contributed by atoms with van der Waals surface area (Å²) in [5.74, 6) is -0.787. The van der Waals surface area contributed by atoms with Gasteiger partial charge in [0.2, 0.25) is 5.76 Å². The maximum atomic E-state index is 11.5. The first-order chi connectivity index (χ1) is 9.54. The van der Waals surface area contributed by atoms with E-state index in [1.165, 1.54) is 10.5 Å². The van der Waals surface area contributed by atoms with Gasteiger partial charge in [0, 0.05) is 6.07 Å². The standard InChI is InChI=1S/C11H8N4O4S/c1-5-12-8(4-7-13-14-11(18)15(5)7)20-9-3-2-6(19-9)10(16)17/h2-4H,1H3,(H,14,18)(H,16,17). The molecule has 20 heavy (non-hydrogen) atoms. The van der Waals surface area contributed by atoms with Gasteiger partial charge in [0.1, 0.15) is 10.9 Å². The molecule has 2 N–H and O–H groups in total. The highest BCUT2D eigenvalue weighted by atomic mass is 32.2. The second-order valence-corrected chi connectivity index (χ2v) is 4.91. The highest BCUT2D eigenvalue weighted by Crippen LogP contribution is 2.28. The zero-order valence-electron chi connectivity index (χ0n) is 10.2. The molecule has 0 aliphatic rings. The van der Waals surface area contributed by atoms with Gasteiger partial charge in [0.25, 0.3) is 0 Å². The number of aromatic nitrogens is 4. The highest BCUT2D eigenvalue weighted by Gasteiger charge is 2.12. The van der Waals surface area contributed by atoms with E-state index in [0.29, 0.717) is 21.6 Å². The van der Waals surface area contributed by atoms with Gasteiger partial charge < -0.3 is 9.52 Å². The van der Waals surface area contributed by atoms with Gasteiger partial charge in [-0.25, -0.2) is 24.1 Å². The van der Waals surface area contributed by atoms with Crippen molar-refractivity contribution in [2.45, 2.75) is 17.0 Å². The lowest BCUT2D eigenvalue weighted by Gasteiger charge is -2.01. The summed E-state index contributed by atoms with van der Waals surface area (Å²) in [6.45, 7) is 1.68. The van der Waals surface area contributed by atoms with Gasteiger partial charge in [-0.05, 0) is 30.8 Å². The molecule has 0 unspecified atom stereocenters. The Bertz CT molecular complexity index is 863. The van der Waals surface area contributed by atoms with Crippen molar-refractivity contribution >= 4 is 23.4 Å². The number of rotatable bonds is 3. The van der Waals surface area contributed by atoms with Crippen molar-refractivity contribution in [3.8, 4) is 0 Å². The second-order valence-electron chi connectivity index (χ2n) is 3.89. The molecule has 3 aromatic heterocycles. The maximum absolute atomic E-state index is 11.5. The number of hydrogen-bond donors (Lipinski definition) is 2. The summed E-state index contributed by atoms with van der Waals surface area (Å²) in [5, 5.41) is 15.9. The third-order valence-corrected chi connectivity index (χ3v) is 3.38. The summed E-state index contributed by atoms with van der Waals surface area (Å²) in [7, 11) is 0. The van der Waals surface area contributed by atoms with Crippen molar-refractivity contribution in [2.24, 2.45) is 0 Å². The summed E-state index contributed by atoms with van der Waals surface area (Å²) >= 11 is 1.15. The van der Waals surface area contributed by atoms with Gasteiger partial charge >= 0.3 is 11.7 Å². The number of aromatic carboxylic acids is 1. The topological polar surface area (TPSA) is 113 Å². The van der Waals surface area contributed by atoms with Crippen molar-refractivity contribution in [1.82, 2.24) is 19.6 Å². The zero-order chi connectivity index (χ0) is 14.3. The van der Waals surface area contributed by atoms with E-state index in [-0.39, 0.29) is 11.4 Å². The van der Waals surface area contributed by atoms with Gasteiger partial charge in [-0.1, -0.05) is 0 Å². The average molecular weight is 292 g/mol. The molecule has 3 aromatic rings. The van der Waals surface area contributed by atoms with Crippen LogP contribution in [0.4, 0.5) is 0 Å². The van der Waals surface area contributed by atoms with Crippen LogP contribution >= 0.6 is 11.8 Å². The van der Waals surface area contributed by atoms with Crippen LogP contribution in [0.25, 0.3) is 5.65 Å². The maximum Gasteiger partial charge on any atom is 0.371 e. The quantitative estimate of drug-likeness (QED) is 0.696. The molecule has 3 rings (SSSR count). The molecule has 0 atom stereocenters. The summed E-state index contributed by atoms with van der Waals surface area (Å²) in [4.78, 5) is 26.4. The summed E-state index contributed by atoms with van der Waals surface area (Å²) in [5.41, 5.74) is 0.0859. The molecular formula is C11H8N4O4S. The van der Waals surface area contributed by atoms with Crippen molar-refractivity contribution in [1.29, 1.82) is 0 Å². The van der Waals surface area contributed by atoms with Crippen LogP contribution in [0.2, 0.25) is 0 Å². The lowest BCUT2D eigenvalue weighted by Crippen LogP contribution is -2.13. The van der Waals surface area contributed by atoms with Crippen molar-refractivity contribution < 1.29 is 14.3 Å². The predicted octanol–water partition coefficient (Wildman–Crippen LogP) is 1.17. The predicted molar refractivity (Wildman–Crippen MR) is 68.1 cm³/mol. The minimum atomic E-state index is -1.13. The fourth-order valence-corrected chi connectivity index (χ4v) is 2.53. The number of nitrogens with one attached hydrogen (secondary N) is 1. The molecule has 0 bridgehead atoms. The van der Waals surface area contributed by atoms with E-state index in [9.17, 15) is 9.59 Å². The number of carbonyl (C=O) groups is 1. The molecule has 0 radical (unpaired) electrons. The number of carboxylic acids is 1. The van der Waals surface area contributed by atoms with E-state index in [0.717, 1.165) is 11.8 Å². The number of carboxylic acid groups (broad SMARTS) is 1. The molecule has 0 aliphatic carbocycles. The third-order valence-electron chi connectivity index (χ3n) is 2.54. The van der Waals surface area contributed by atoms with Gasteiger partial charge in [-0.3, -0.25) is 0 Å². The van der Waals surface area contributed by atoms with E-state index < -0.39 is 5.97 Å². The molecule has 0 fully saturated rings. The summed E-state index contributed by atoms with van der Waals surface area (Å²) < 4.78 is 6.47. The molecule has 0 spiro atoms. The van der Waals surface area contributed by atoms with E-state index in [2.05, 4.69) is 15.2 Å². The lowest BCUT2D eigenvalue weighted by atomic mass is 10.5. The number of fused-ring (bicyclic) bond motifs is 1. The van der Waals surface area contributed by atoms with Gasteiger partial charge in [-0.2, -0.15) is 5.10 Å². The molecule has 0 aromatic carbocycles. The highest BCUT2D eigenvalue weighted by molar-refractivity contribution is 7.99. The average Bonchev–Trinajstić information content (AvgIpc) is 2.97. The van der Waals surface area contributed by atoms with E-state index in [1.807, 2.05) is 0 Å². The molecular weight excluding hydrogens is 284 g/mol. The van der Waals surface area contributed by atoms with E-state index >= 15 is 0 Å². The third kappa shape index (κ3) is 2.07. The van der Waals surface area contributed by atoms with Crippen LogP contribution in [0.1, 0.15) is 16.4 Å². The Morgan fingerprint density at radius 3 is 3.00 bits per heavy atom. The van der Waals surface area contributed by atoms with Crippen molar-refractivity contribution in [3.63, 3.8) is 0 Å². The van der Waals surface area contributed by atoms with E-state index in [1.54, 1.807) is 19.1 Å². The molecule has 9 heteroatoms. The second kappa shape index (κ2) is 4.53. The normalized spacial score (nSPS) is 11.1. The lowest BCUT2D eigenvalue weighted by molar-refractivity contribution is 0.0656. The Hall–Kier alpha value is -2.55. The number of hydrogen-bond acceptors (Lipinski definition) is 6. The molecule has 8 nitrogen and oxygen atoms in total. The minimum Gasteiger partial charge on any atom is -0.475 e. The number of furan rings is 1. The Morgan fingerprint density at radius 2 is 2.30 bits per heavy atom. The van der Waals surface area contributed by atoms with Crippen molar-refractivity contribution in [2.75, 3.05) is 0 Å². The van der Waals surface area contributed by atoms with Crippen LogP contribution in [-0.4, -0.2) is 30.7 Å².